The summed E-state index contributed by atoms with van der Waals surface area (Å²) in [5, 5.41) is 37.1. The number of allylic oxidation sites excluding steroid dienone is 2. The van der Waals surface area contributed by atoms with Crippen LogP contribution in [0, 0.1) is 30.6 Å². The molecule has 3 aromatic carbocycles. The van der Waals surface area contributed by atoms with Crippen LogP contribution in [0.1, 0.15) is 64.4 Å². The summed E-state index contributed by atoms with van der Waals surface area (Å²) >= 11 is 3.43. The number of anilines is 1. The average molecular weight is 864 g/mol. The van der Waals surface area contributed by atoms with Gasteiger partial charge in [0, 0.05) is 65.6 Å². The molecule has 0 radical (unpaired) electrons. The molecule has 0 spiro atoms. The molecule has 4 aromatic rings. The minimum atomic E-state index is -2.02. The van der Waals surface area contributed by atoms with Gasteiger partial charge in [-0.05, 0) is 38.1 Å². The van der Waals surface area contributed by atoms with E-state index in [1.165, 1.54) is 53.2 Å². The molecule has 58 heavy (non-hydrogen) atoms. The molecule has 4 bridgehead atoms. The third kappa shape index (κ3) is 7.51. The van der Waals surface area contributed by atoms with Crippen molar-refractivity contribution in [3.05, 3.63) is 80.2 Å². The number of Topliss-reactive ketones (excluding diaryl/α,β-unsaturated/α-hetero) is 1. The second-order valence-corrected chi connectivity index (χ2v) is 16.3. The molecule has 9 atom stereocenters. The smallest absolute Gasteiger partial charge is 0.312 e. The Hall–Kier alpha value is -5.09. The SMILES string of the molecule is CO[C@H]1/C=C/O[C@@]2(C)Oc3c(C)c(=O)c4c(O)c(c5oc6cc(Br)ccc6nc5c4c3C2=O)NC(=O)/C(C)=C\C=C\[C@H](C)[C@H](O)[C@@H](C)[C@@H](O)[C@@H](C)[C@H](OC(C)=O)[C@@H]1C. The van der Waals surface area contributed by atoms with Crippen LogP contribution in [0.2, 0.25) is 0 Å². The highest BCUT2D eigenvalue weighted by Gasteiger charge is 2.49. The minimum Gasteiger partial charge on any atom is -0.505 e. The van der Waals surface area contributed by atoms with Crippen LogP contribution in [-0.4, -0.2) is 75.3 Å². The van der Waals surface area contributed by atoms with Crippen molar-refractivity contribution in [2.75, 3.05) is 12.4 Å². The van der Waals surface area contributed by atoms with E-state index >= 15 is 0 Å². The van der Waals surface area contributed by atoms with Gasteiger partial charge in [0.25, 0.3) is 11.7 Å². The molecule has 0 saturated carbocycles. The number of ether oxygens (including phenoxy) is 4. The number of amides is 1. The molecule has 0 saturated heterocycles. The fourth-order valence-electron chi connectivity index (χ4n) is 7.78. The van der Waals surface area contributed by atoms with E-state index in [1.54, 1.807) is 58.0 Å². The van der Waals surface area contributed by atoms with Crippen LogP contribution in [0.3, 0.4) is 0 Å². The number of benzene rings is 3. The summed E-state index contributed by atoms with van der Waals surface area (Å²) in [6, 6.07) is 5.05. The molecule has 1 aromatic heterocycles. The molecule has 15 heteroatoms. The van der Waals surface area contributed by atoms with E-state index in [1.807, 2.05) is 0 Å². The van der Waals surface area contributed by atoms with Crippen LogP contribution >= 0.6 is 15.9 Å². The zero-order valence-electron chi connectivity index (χ0n) is 33.6. The van der Waals surface area contributed by atoms with Crippen LogP contribution in [0.25, 0.3) is 33.0 Å². The topological polar surface area (TPSA) is 204 Å². The molecular formula is C43H47BrN2O12. The van der Waals surface area contributed by atoms with Gasteiger partial charge in [-0.3, -0.25) is 19.2 Å². The molecular weight excluding hydrogens is 816 g/mol. The average Bonchev–Trinajstić information content (AvgIpc) is 3.45. The number of carbonyl (C=O) groups is 3. The minimum absolute atomic E-state index is 0.00169. The summed E-state index contributed by atoms with van der Waals surface area (Å²) < 4.78 is 30.7. The molecule has 4 N–H and O–H groups in total. The number of hydrogen-bond donors (Lipinski definition) is 4. The van der Waals surface area contributed by atoms with Crippen molar-refractivity contribution in [1.82, 2.24) is 4.98 Å². The van der Waals surface area contributed by atoms with Crippen molar-refractivity contribution < 1.29 is 53.1 Å². The van der Waals surface area contributed by atoms with E-state index in [9.17, 15) is 34.5 Å². The van der Waals surface area contributed by atoms with Crippen molar-refractivity contribution in [2.24, 2.45) is 23.7 Å². The zero-order valence-corrected chi connectivity index (χ0v) is 35.2. The lowest BCUT2D eigenvalue weighted by atomic mass is 9.78. The number of phenolic OH excluding ortho intramolecular Hbond substituents is 1. The number of halogens is 1. The van der Waals surface area contributed by atoms with Crippen LogP contribution in [0.4, 0.5) is 5.69 Å². The number of nitrogens with zero attached hydrogens (tertiary/aromatic N) is 1. The molecule has 0 aliphatic carbocycles. The number of nitrogens with one attached hydrogen (secondary N) is 1. The first-order chi connectivity index (χ1) is 27.3. The summed E-state index contributed by atoms with van der Waals surface area (Å²) in [6.07, 6.45) is 3.63. The lowest BCUT2D eigenvalue weighted by Gasteiger charge is -2.38. The Kier molecular flexibility index (Phi) is 11.9. The monoisotopic (exact) mass is 862 g/mol. The molecule has 2 aliphatic rings. The van der Waals surface area contributed by atoms with E-state index in [2.05, 4.69) is 21.2 Å². The number of carbonyl (C=O) groups excluding carboxylic acids is 3. The highest BCUT2D eigenvalue weighted by molar-refractivity contribution is 9.10. The van der Waals surface area contributed by atoms with Gasteiger partial charge in [0.05, 0.1) is 35.5 Å². The fourth-order valence-corrected chi connectivity index (χ4v) is 8.12. The van der Waals surface area contributed by atoms with Crippen molar-refractivity contribution in [2.45, 2.75) is 85.6 Å². The van der Waals surface area contributed by atoms with E-state index in [-0.39, 0.29) is 55.6 Å². The van der Waals surface area contributed by atoms with E-state index in [0.717, 1.165) is 0 Å². The van der Waals surface area contributed by atoms with E-state index in [4.69, 9.17) is 28.3 Å². The Bertz CT molecular complexity index is 2490. The summed E-state index contributed by atoms with van der Waals surface area (Å²) in [5.74, 6) is -7.16. The Balaban J connectivity index is 1.59. The van der Waals surface area contributed by atoms with Gasteiger partial charge in [-0.2, -0.15) is 0 Å². The van der Waals surface area contributed by atoms with Crippen molar-refractivity contribution in [3.63, 3.8) is 0 Å². The van der Waals surface area contributed by atoms with Gasteiger partial charge in [0.1, 0.15) is 28.6 Å². The first-order valence-corrected chi connectivity index (χ1v) is 19.7. The fraction of sp³-hybridized carbons (Fsp3) is 0.419. The molecule has 308 valence electrons. The third-order valence-corrected chi connectivity index (χ3v) is 11.8. The van der Waals surface area contributed by atoms with Crippen molar-refractivity contribution >= 4 is 72.2 Å². The predicted molar refractivity (Wildman–Crippen MR) is 220 cm³/mol. The number of methoxy groups -OCH3 is 1. The van der Waals surface area contributed by atoms with Crippen LogP contribution in [0.15, 0.2) is 68.0 Å². The second kappa shape index (κ2) is 16.3. The lowest BCUT2D eigenvalue weighted by Crippen LogP contribution is -2.46. The third-order valence-electron chi connectivity index (χ3n) is 11.3. The first-order valence-electron chi connectivity index (χ1n) is 18.9. The Morgan fingerprint density at radius 3 is 2.38 bits per heavy atom. The zero-order chi connectivity index (χ0) is 42.5. The van der Waals surface area contributed by atoms with E-state index < -0.39 is 82.7 Å². The summed E-state index contributed by atoms with van der Waals surface area (Å²) in [7, 11) is 1.44. The van der Waals surface area contributed by atoms with Gasteiger partial charge in [0.15, 0.2) is 22.3 Å². The molecule has 6 rings (SSSR count). The summed E-state index contributed by atoms with van der Waals surface area (Å²) in [5.41, 5.74) is -0.337. The highest BCUT2D eigenvalue weighted by Crippen LogP contribution is 2.48. The normalized spacial score (nSPS) is 30.4. The Morgan fingerprint density at radius 2 is 1.71 bits per heavy atom. The number of phenols is 1. The molecule has 0 unspecified atom stereocenters. The molecule has 3 heterocycles. The van der Waals surface area contributed by atoms with Crippen LogP contribution in [-0.2, 0) is 23.8 Å². The molecule has 14 nitrogen and oxygen atoms in total. The summed E-state index contributed by atoms with van der Waals surface area (Å²) in [6.45, 7) is 12.6. The summed E-state index contributed by atoms with van der Waals surface area (Å²) in [4.78, 5) is 59.6. The number of ketones is 1. The van der Waals surface area contributed by atoms with Gasteiger partial charge in [-0.1, -0.05) is 61.9 Å². The van der Waals surface area contributed by atoms with Gasteiger partial charge in [0.2, 0.25) is 0 Å². The largest absolute Gasteiger partial charge is 0.505 e. The standard InChI is InChI=1S/C43H47BrN2O12/c1-18-11-10-12-19(2)42(53)46-33-37(51)30-29(32-40(33)57-28-17-25(44)13-14-26(28)45-32)31-39(23(6)36(30)50)58-43(8,41(31)52)55-16-15-27(54-9)20(3)38(56-24(7)47)22(5)35(49)21(4)34(18)48/h10-18,20-22,27,34-35,38,48-49,51H,1-9H3,(H,46,53)/b11-10+,16-15+,19-12-/t18-,20+,21+,22+,27-,34-,35+,38+,43-/m0/s1. The number of esters is 1. The molecule has 0 fully saturated rings. The number of aromatic hydroxyl groups is 1. The van der Waals surface area contributed by atoms with Gasteiger partial charge in [-0.15, -0.1) is 0 Å². The second-order valence-electron chi connectivity index (χ2n) is 15.3. The number of aliphatic hydroxyl groups excluding tert-OH is 2. The van der Waals surface area contributed by atoms with Crippen molar-refractivity contribution in [1.29, 1.82) is 0 Å². The van der Waals surface area contributed by atoms with Crippen molar-refractivity contribution in [3.8, 4) is 11.5 Å². The maximum atomic E-state index is 14.6. The number of hydrogen-bond acceptors (Lipinski definition) is 13. The highest BCUT2D eigenvalue weighted by atomic mass is 79.9. The maximum Gasteiger partial charge on any atom is 0.312 e. The lowest BCUT2D eigenvalue weighted by molar-refractivity contribution is -0.160. The van der Waals surface area contributed by atoms with Crippen LogP contribution in [0.5, 0.6) is 11.5 Å². The van der Waals surface area contributed by atoms with Gasteiger partial charge < -0.3 is 44.0 Å². The Labute approximate surface area is 342 Å². The van der Waals surface area contributed by atoms with Gasteiger partial charge >= 0.3 is 11.8 Å². The first kappa shape index (κ1) is 42.5. The number of fused-ring (bicyclic) bond motifs is 2. The van der Waals surface area contributed by atoms with Crippen LogP contribution < -0.4 is 15.5 Å². The number of aromatic nitrogens is 1. The van der Waals surface area contributed by atoms with Gasteiger partial charge in [-0.25, -0.2) is 4.98 Å². The number of aliphatic hydroxyl groups is 2. The van der Waals surface area contributed by atoms with E-state index in [0.29, 0.717) is 9.99 Å². The maximum absolute atomic E-state index is 14.6. The molecule has 2 aliphatic heterocycles. The number of rotatable bonds is 2. The molecule has 1 amide bonds. The quantitative estimate of drug-likeness (QED) is 0.0713. The predicted octanol–water partition coefficient (Wildman–Crippen LogP) is 6.76. The Morgan fingerprint density at radius 1 is 1.00 bits per heavy atom.